The molecule has 30 heavy (non-hydrogen) atoms. The summed E-state index contributed by atoms with van der Waals surface area (Å²) in [5, 5.41) is 14.1. The summed E-state index contributed by atoms with van der Waals surface area (Å²) < 4.78 is 1.82. The van der Waals surface area contributed by atoms with E-state index in [0.29, 0.717) is 37.5 Å². The number of rotatable bonds is 6. The van der Waals surface area contributed by atoms with Gasteiger partial charge < -0.3 is 10.0 Å². The molecule has 3 heterocycles. The Morgan fingerprint density at radius 1 is 1.17 bits per heavy atom. The van der Waals surface area contributed by atoms with Gasteiger partial charge in [-0.15, -0.1) is 0 Å². The molecule has 0 radical (unpaired) electrons. The summed E-state index contributed by atoms with van der Waals surface area (Å²) in [5.41, 5.74) is 3.07. The number of hydrogen-bond donors (Lipinski definition) is 1. The van der Waals surface area contributed by atoms with Gasteiger partial charge in [-0.05, 0) is 38.2 Å². The predicted octanol–water partition coefficient (Wildman–Crippen LogP) is 3.84. The lowest BCUT2D eigenvalue weighted by molar-refractivity contribution is -0.137. The van der Waals surface area contributed by atoms with Gasteiger partial charge in [-0.3, -0.25) is 9.59 Å². The van der Waals surface area contributed by atoms with E-state index < -0.39 is 5.97 Å². The molecule has 1 saturated heterocycles. The molecule has 0 aliphatic carbocycles. The molecule has 7 nitrogen and oxygen atoms in total. The zero-order valence-corrected chi connectivity index (χ0v) is 17.1. The molecule has 0 atom stereocenters. The maximum absolute atomic E-state index is 13.4. The van der Waals surface area contributed by atoms with Gasteiger partial charge >= 0.3 is 5.97 Å². The predicted molar refractivity (Wildman–Crippen MR) is 114 cm³/mol. The highest BCUT2D eigenvalue weighted by Crippen LogP contribution is 2.28. The van der Waals surface area contributed by atoms with Gasteiger partial charge in [0, 0.05) is 31.6 Å². The van der Waals surface area contributed by atoms with Crippen LogP contribution in [0.4, 0.5) is 0 Å². The summed E-state index contributed by atoms with van der Waals surface area (Å²) in [7, 11) is 0. The van der Waals surface area contributed by atoms with Crippen molar-refractivity contribution in [2.75, 3.05) is 13.1 Å². The average Bonchev–Trinajstić information content (AvgIpc) is 3.20. The highest BCUT2D eigenvalue weighted by molar-refractivity contribution is 6.06. The van der Waals surface area contributed by atoms with Crippen LogP contribution in [0.25, 0.3) is 22.3 Å². The number of piperidine rings is 1. The molecule has 1 fully saturated rings. The van der Waals surface area contributed by atoms with Crippen molar-refractivity contribution < 1.29 is 14.7 Å². The number of likely N-dealkylation sites (tertiary alicyclic amines) is 1. The number of carbonyl (C=O) groups excluding carboxylic acids is 1. The van der Waals surface area contributed by atoms with E-state index in [1.807, 2.05) is 52.9 Å². The molecule has 0 bridgehead atoms. The smallest absolute Gasteiger partial charge is 0.303 e. The molecule has 0 saturated carbocycles. The van der Waals surface area contributed by atoms with Crippen LogP contribution in [0.1, 0.15) is 43.0 Å². The van der Waals surface area contributed by atoms with Gasteiger partial charge in [0.1, 0.15) is 0 Å². The lowest BCUT2D eigenvalue weighted by Gasteiger charge is -2.32. The number of aryl methyl sites for hydroxylation is 1. The number of benzene rings is 1. The molecule has 1 aliphatic heterocycles. The fourth-order valence-corrected chi connectivity index (χ4v) is 4.14. The number of hydrogen-bond acceptors (Lipinski definition) is 4. The van der Waals surface area contributed by atoms with E-state index in [1.54, 1.807) is 6.20 Å². The standard InChI is InChI=1S/C23H26N4O3/c1-2-27-22-19(15-24-27)18(14-20(25-22)17-6-4-3-5-7-17)23(30)26-12-10-16(11-13-26)8-9-21(28)29/h3-7,14-16H,2,8-13H2,1H3,(H,28,29). The van der Waals surface area contributed by atoms with Crippen LogP contribution in [0.2, 0.25) is 0 Å². The van der Waals surface area contributed by atoms with Crippen molar-refractivity contribution in [1.29, 1.82) is 0 Å². The van der Waals surface area contributed by atoms with Crippen molar-refractivity contribution in [3.63, 3.8) is 0 Å². The number of amides is 1. The van der Waals surface area contributed by atoms with Gasteiger partial charge in [-0.1, -0.05) is 30.3 Å². The molecular weight excluding hydrogens is 380 g/mol. The third-order valence-corrected chi connectivity index (χ3v) is 5.88. The van der Waals surface area contributed by atoms with Crippen molar-refractivity contribution in [2.45, 2.75) is 39.2 Å². The number of carboxylic acid groups (broad SMARTS) is 1. The van der Waals surface area contributed by atoms with E-state index in [-0.39, 0.29) is 12.3 Å². The van der Waals surface area contributed by atoms with Crippen LogP contribution in [-0.4, -0.2) is 49.7 Å². The normalized spacial score (nSPS) is 14.9. The van der Waals surface area contributed by atoms with E-state index >= 15 is 0 Å². The molecule has 4 rings (SSSR count). The number of carboxylic acids is 1. The molecule has 1 amide bonds. The molecule has 7 heteroatoms. The highest BCUT2D eigenvalue weighted by atomic mass is 16.4. The highest BCUT2D eigenvalue weighted by Gasteiger charge is 2.26. The van der Waals surface area contributed by atoms with Crippen molar-refractivity contribution in [1.82, 2.24) is 19.7 Å². The third kappa shape index (κ3) is 4.06. The van der Waals surface area contributed by atoms with Crippen LogP contribution >= 0.6 is 0 Å². The van der Waals surface area contributed by atoms with E-state index in [2.05, 4.69) is 5.10 Å². The molecular formula is C23H26N4O3. The molecule has 0 spiro atoms. The van der Waals surface area contributed by atoms with E-state index in [4.69, 9.17) is 10.1 Å². The first kappa shape index (κ1) is 20.1. The summed E-state index contributed by atoms with van der Waals surface area (Å²) in [6.45, 7) is 3.98. The third-order valence-electron chi connectivity index (χ3n) is 5.88. The SMILES string of the molecule is CCn1ncc2c(C(=O)N3CCC(CCC(=O)O)CC3)cc(-c3ccccc3)nc21. The fraction of sp³-hybridized carbons (Fsp3) is 0.391. The molecule has 1 aliphatic rings. The number of carbonyl (C=O) groups is 2. The van der Waals surface area contributed by atoms with Gasteiger partial charge in [0.2, 0.25) is 0 Å². The first-order chi connectivity index (χ1) is 14.6. The largest absolute Gasteiger partial charge is 0.481 e. The van der Waals surface area contributed by atoms with Crippen LogP contribution in [0, 0.1) is 5.92 Å². The number of nitrogens with zero attached hydrogens (tertiary/aromatic N) is 4. The van der Waals surface area contributed by atoms with Crippen molar-refractivity contribution in [3.8, 4) is 11.3 Å². The number of pyridine rings is 1. The zero-order chi connectivity index (χ0) is 21.1. The maximum Gasteiger partial charge on any atom is 0.303 e. The molecule has 0 unspecified atom stereocenters. The molecule has 1 aromatic carbocycles. The zero-order valence-electron chi connectivity index (χ0n) is 17.1. The molecule has 3 aromatic rings. The number of aliphatic carboxylic acids is 1. The summed E-state index contributed by atoms with van der Waals surface area (Å²) in [5.74, 6) is -0.397. The van der Waals surface area contributed by atoms with E-state index in [1.165, 1.54) is 0 Å². The Morgan fingerprint density at radius 2 is 1.90 bits per heavy atom. The quantitative estimate of drug-likeness (QED) is 0.672. The first-order valence-corrected chi connectivity index (χ1v) is 10.5. The van der Waals surface area contributed by atoms with E-state index in [9.17, 15) is 9.59 Å². The van der Waals surface area contributed by atoms with Crippen LogP contribution in [0.15, 0.2) is 42.6 Å². The second-order valence-electron chi connectivity index (χ2n) is 7.79. The Labute approximate surface area is 175 Å². The average molecular weight is 406 g/mol. The Hall–Kier alpha value is -3.22. The summed E-state index contributed by atoms with van der Waals surface area (Å²) >= 11 is 0. The molecule has 156 valence electrons. The van der Waals surface area contributed by atoms with Gasteiger partial charge in [0.05, 0.1) is 22.8 Å². The minimum Gasteiger partial charge on any atom is -0.481 e. The van der Waals surface area contributed by atoms with Crippen LogP contribution < -0.4 is 0 Å². The Balaban J connectivity index is 1.62. The minimum absolute atomic E-state index is 0.00748. The Bertz CT molecular complexity index is 1050. The van der Waals surface area contributed by atoms with E-state index in [0.717, 1.165) is 35.1 Å². The van der Waals surface area contributed by atoms with Crippen molar-refractivity contribution in [2.24, 2.45) is 5.92 Å². The van der Waals surface area contributed by atoms with Crippen molar-refractivity contribution >= 4 is 22.9 Å². The van der Waals surface area contributed by atoms with Crippen LogP contribution in [-0.2, 0) is 11.3 Å². The first-order valence-electron chi connectivity index (χ1n) is 10.5. The van der Waals surface area contributed by atoms with Crippen LogP contribution in [0.5, 0.6) is 0 Å². The Morgan fingerprint density at radius 3 is 2.57 bits per heavy atom. The summed E-state index contributed by atoms with van der Waals surface area (Å²) in [6, 6.07) is 11.7. The van der Waals surface area contributed by atoms with Crippen molar-refractivity contribution in [3.05, 3.63) is 48.2 Å². The Kier molecular flexibility index (Phi) is 5.79. The number of fused-ring (bicyclic) bond motifs is 1. The topological polar surface area (TPSA) is 88.3 Å². The lowest BCUT2D eigenvalue weighted by atomic mass is 9.92. The molecule has 1 N–H and O–H groups in total. The summed E-state index contributed by atoms with van der Waals surface area (Å²) in [4.78, 5) is 30.9. The van der Waals surface area contributed by atoms with Gasteiger partial charge in [0.15, 0.2) is 5.65 Å². The molecule has 2 aromatic heterocycles. The van der Waals surface area contributed by atoms with Crippen LogP contribution in [0.3, 0.4) is 0 Å². The van der Waals surface area contributed by atoms with Gasteiger partial charge in [-0.25, -0.2) is 9.67 Å². The monoisotopic (exact) mass is 406 g/mol. The minimum atomic E-state index is -0.755. The second kappa shape index (κ2) is 8.65. The van der Waals surface area contributed by atoms with Gasteiger partial charge in [0.25, 0.3) is 5.91 Å². The number of aromatic nitrogens is 3. The maximum atomic E-state index is 13.4. The van der Waals surface area contributed by atoms with Gasteiger partial charge in [-0.2, -0.15) is 5.10 Å². The second-order valence-corrected chi connectivity index (χ2v) is 7.79. The fourth-order valence-electron chi connectivity index (χ4n) is 4.14. The summed E-state index contributed by atoms with van der Waals surface area (Å²) in [6.07, 6.45) is 4.28. The lowest BCUT2D eigenvalue weighted by Crippen LogP contribution is -2.38.